The van der Waals surface area contributed by atoms with Crippen LogP contribution in [-0.4, -0.2) is 19.7 Å². The van der Waals surface area contributed by atoms with Crippen molar-refractivity contribution in [2.45, 2.75) is 87.1 Å². The number of rotatable bonds is 13. The van der Waals surface area contributed by atoms with Crippen molar-refractivity contribution < 1.29 is 4.74 Å². The fourth-order valence-electron chi connectivity index (χ4n) is 3.82. The number of nitrogens with one attached hydrogen (secondary N) is 2. The third-order valence-electron chi connectivity index (χ3n) is 5.35. The molecule has 1 aromatic rings. The lowest BCUT2D eigenvalue weighted by Gasteiger charge is -2.21. The normalized spacial score (nSPS) is 14.0. The van der Waals surface area contributed by atoms with Crippen LogP contribution in [0.4, 0.5) is 0 Å². The molecule has 0 amide bonds. The average molecular weight is 441 g/mol. The first kappa shape index (κ1) is 28.0. The maximum atomic E-state index is 6.10. The lowest BCUT2D eigenvalue weighted by Crippen LogP contribution is -2.23. The second kappa shape index (κ2) is 14.9. The van der Waals surface area contributed by atoms with Crippen LogP contribution in [0, 0.1) is 5.41 Å². The van der Waals surface area contributed by atoms with Gasteiger partial charge in [-0.25, -0.2) is 0 Å². The van der Waals surface area contributed by atoms with E-state index in [1.807, 2.05) is 0 Å². The maximum absolute atomic E-state index is 6.10. The molecule has 0 aromatic heterocycles. The summed E-state index contributed by atoms with van der Waals surface area (Å²) >= 11 is 0. The zero-order valence-corrected chi connectivity index (χ0v) is 20.5. The highest BCUT2D eigenvalue weighted by molar-refractivity contribution is 5.38. The lowest BCUT2D eigenvalue weighted by atomic mass is 9.90. The summed E-state index contributed by atoms with van der Waals surface area (Å²) in [5, 5.41) is 7.23. The van der Waals surface area contributed by atoms with Gasteiger partial charge in [0, 0.05) is 18.8 Å². The minimum Gasteiger partial charge on any atom is -0.489 e. The van der Waals surface area contributed by atoms with Gasteiger partial charge in [0.2, 0.25) is 0 Å². The molecular formula is C29H48N2O. The minimum absolute atomic E-state index is 0. The molecule has 2 rings (SSSR count). The molecule has 0 saturated heterocycles. The Bertz CT molecular complexity index is 753. The van der Waals surface area contributed by atoms with Crippen molar-refractivity contribution in [3.8, 4) is 5.75 Å². The summed E-state index contributed by atoms with van der Waals surface area (Å²) in [6, 6.07) is 6.62. The van der Waals surface area contributed by atoms with Gasteiger partial charge in [-0.2, -0.15) is 0 Å². The third kappa shape index (κ3) is 11.0. The van der Waals surface area contributed by atoms with Gasteiger partial charge in [-0.3, -0.25) is 0 Å². The fraction of sp³-hybridized carbons (Fsp3) is 0.586. The van der Waals surface area contributed by atoms with Gasteiger partial charge in [-0.05, 0) is 73.3 Å². The summed E-state index contributed by atoms with van der Waals surface area (Å²) in [6.45, 7) is 14.9. The molecule has 3 nitrogen and oxygen atoms in total. The monoisotopic (exact) mass is 440 g/mol. The summed E-state index contributed by atoms with van der Waals surface area (Å²) < 4.78 is 6.10. The Balaban J connectivity index is 0.00000512. The Morgan fingerprint density at radius 1 is 1.12 bits per heavy atom. The van der Waals surface area contributed by atoms with E-state index in [2.05, 4.69) is 87.8 Å². The molecule has 0 radical (unpaired) electrons. The molecule has 0 heterocycles. The van der Waals surface area contributed by atoms with Crippen LogP contribution >= 0.6 is 0 Å². The van der Waals surface area contributed by atoms with Crippen LogP contribution in [0.3, 0.4) is 0 Å². The van der Waals surface area contributed by atoms with Crippen LogP contribution in [0.25, 0.3) is 0 Å². The van der Waals surface area contributed by atoms with Crippen molar-refractivity contribution in [2.24, 2.45) is 5.41 Å². The fourth-order valence-corrected chi connectivity index (χ4v) is 3.82. The number of hydrogen-bond donors (Lipinski definition) is 2. The van der Waals surface area contributed by atoms with E-state index in [4.69, 9.17) is 4.74 Å². The van der Waals surface area contributed by atoms with Gasteiger partial charge in [0.1, 0.15) is 12.4 Å². The van der Waals surface area contributed by atoms with Crippen molar-refractivity contribution in [1.82, 2.24) is 10.6 Å². The topological polar surface area (TPSA) is 33.3 Å². The number of ether oxygens (including phenoxy) is 1. The SMILES string of the molecule is C.CCC=C(CC(C)(C)C)NCCCNCc1ccc(OCC2=CCCC=C2)c(CC)c1. The van der Waals surface area contributed by atoms with E-state index in [0.29, 0.717) is 12.0 Å². The standard InChI is InChI=1S/C28H44N2O.CH4/c1-6-12-26(20-28(3,4)5)30-18-11-17-29-21-24-15-16-27(25(7-2)19-24)31-22-23-13-9-8-10-14-23;/h9,12-16,19,29-30H,6-8,10-11,17-18,20-22H2,1-5H3;1H4. The first-order valence-corrected chi connectivity index (χ1v) is 12.1. The quantitative estimate of drug-likeness (QED) is 0.315. The van der Waals surface area contributed by atoms with Gasteiger partial charge in [0.15, 0.2) is 0 Å². The number of allylic oxidation sites excluding steroid dienone is 4. The summed E-state index contributed by atoms with van der Waals surface area (Å²) in [5.74, 6) is 1.02. The summed E-state index contributed by atoms with van der Waals surface area (Å²) in [5.41, 5.74) is 5.61. The molecule has 0 fully saturated rings. The number of benzene rings is 1. The molecular weight excluding hydrogens is 392 g/mol. The van der Waals surface area contributed by atoms with Gasteiger partial charge in [-0.15, -0.1) is 0 Å². The molecule has 3 heteroatoms. The molecule has 0 unspecified atom stereocenters. The third-order valence-corrected chi connectivity index (χ3v) is 5.35. The van der Waals surface area contributed by atoms with Gasteiger partial charge in [0.05, 0.1) is 0 Å². The molecule has 0 saturated carbocycles. The molecule has 180 valence electrons. The van der Waals surface area contributed by atoms with Crippen LogP contribution in [-0.2, 0) is 13.0 Å². The van der Waals surface area contributed by atoms with Crippen LogP contribution in [0.15, 0.2) is 53.8 Å². The van der Waals surface area contributed by atoms with E-state index in [-0.39, 0.29) is 7.43 Å². The first-order chi connectivity index (χ1) is 14.9. The van der Waals surface area contributed by atoms with Crippen molar-refractivity contribution in [3.63, 3.8) is 0 Å². The Hall–Kier alpha value is -2.00. The molecule has 0 aliphatic heterocycles. The Kier molecular flexibility index (Phi) is 13.1. The maximum Gasteiger partial charge on any atom is 0.123 e. The minimum atomic E-state index is 0. The van der Waals surface area contributed by atoms with E-state index in [0.717, 1.165) is 63.9 Å². The summed E-state index contributed by atoms with van der Waals surface area (Å²) in [4.78, 5) is 0. The Labute approximate surface area is 198 Å². The summed E-state index contributed by atoms with van der Waals surface area (Å²) in [6.07, 6.45) is 15.6. The zero-order valence-electron chi connectivity index (χ0n) is 20.5. The van der Waals surface area contributed by atoms with Crippen LogP contribution in [0.5, 0.6) is 5.75 Å². The van der Waals surface area contributed by atoms with Crippen molar-refractivity contribution in [1.29, 1.82) is 0 Å². The molecule has 2 N–H and O–H groups in total. The molecule has 1 aromatic carbocycles. The highest BCUT2D eigenvalue weighted by Crippen LogP contribution is 2.23. The van der Waals surface area contributed by atoms with Gasteiger partial charge in [-0.1, -0.05) is 78.5 Å². The first-order valence-electron chi connectivity index (χ1n) is 12.1. The highest BCUT2D eigenvalue weighted by atomic mass is 16.5. The molecule has 1 aliphatic carbocycles. The highest BCUT2D eigenvalue weighted by Gasteiger charge is 2.12. The van der Waals surface area contributed by atoms with Gasteiger partial charge in [0.25, 0.3) is 0 Å². The van der Waals surface area contributed by atoms with Crippen molar-refractivity contribution in [3.05, 3.63) is 64.9 Å². The number of hydrogen-bond acceptors (Lipinski definition) is 3. The summed E-state index contributed by atoms with van der Waals surface area (Å²) in [7, 11) is 0. The van der Waals surface area contributed by atoms with Crippen LogP contribution in [0.1, 0.15) is 85.3 Å². The molecule has 1 aliphatic rings. The largest absolute Gasteiger partial charge is 0.489 e. The Morgan fingerprint density at radius 2 is 1.94 bits per heavy atom. The Morgan fingerprint density at radius 3 is 2.59 bits per heavy atom. The molecule has 32 heavy (non-hydrogen) atoms. The van der Waals surface area contributed by atoms with Crippen molar-refractivity contribution >= 4 is 0 Å². The van der Waals surface area contributed by atoms with Crippen LogP contribution in [0.2, 0.25) is 0 Å². The van der Waals surface area contributed by atoms with E-state index >= 15 is 0 Å². The van der Waals surface area contributed by atoms with Crippen molar-refractivity contribution in [2.75, 3.05) is 19.7 Å². The average Bonchev–Trinajstić information content (AvgIpc) is 2.74. The molecule has 0 bridgehead atoms. The lowest BCUT2D eigenvalue weighted by molar-refractivity contribution is 0.351. The van der Waals surface area contributed by atoms with E-state index in [1.54, 1.807) is 0 Å². The second-order valence-corrected chi connectivity index (χ2v) is 9.68. The van der Waals surface area contributed by atoms with E-state index in [1.165, 1.54) is 22.4 Å². The van der Waals surface area contributed by atoms with E-state index < -0.39 is 0 Å². The predicted molar refractivity (Wildman–Crippen MR) is 141 cm³/mol. The van der Waals surface area contributed by atoms with Crippen LogP contribution < -0.4 is 15.4 Å². The van der Waals surface area contributed by atoms with Gasteiger partial charge < -0.3 is 15.4 Å². The van der Waals surface area contributed by atoms with Gasteiger partial charge >= 0.3 is 0 Å². The van der Waals surface area contributed by atoms with E-state index in [9.17, 15) is 0 Å². The molecule has 0 atom stereocenters. The smallest absolute Gasteiger partial charge is 0.123 e. The number of aryl methyl sites for hydroxylation is 1. The zero-order chi connectivity index (χ0) is 22.5. The second-order valence-electron chi connectivity index (χ2n) is 9.68. The predicted octanol–water partition coefficient (Wildman–Crippen LogP) is 7.34. The molecule has 0 spiro atoms.